The van der Waals surface area contributed by atoms with E-state index in [1.54, 1.807) is 0 Å². The standard InChI is InChI=1S/C23H32O5/c1-13(24)27-15-7-9-22(3)18-8-10-23(4)17(5-6-21(23)28-14(2)25)16(18)12-20(26)19(22)11-15/h12,15,17-19,21H,5-11H2,1-4H3. The molecule has 0 aromatic carbocycles. The number of ether oxygens (including phenoxy) is 2. The highest BCUT2D eigenvalue weighted by Gasteiger charge is 2.60. The van der Waals surface area contributed by atoms with Crippen LogP contribution in [-0.4, -0.2) is 29.9 Å². The van der Waals surface area contributed by atoms with Crippen molar-refractivity contribution in [3.05, 3.63) is 11.6 Å². The van der Waals surface area contributed by atoms with Crippen LogP contribution in [0.3, 0.4) is 0 Å². The molecular formula is C23H32O5. The smallest absolute Gasteiger partial charge is 0.302 e. The van der Waals surface area contributed by atoms with Crippen LogP contribution >= 0.6 is 0 Å². The summed E-state index contributed by atoms with van der Waals surface area (Å²) in [6, 6.07) is 0. The van der Waals surface area contributed by atoms with Crippen LogP contribution in [-0.2, 0) is 23.9 Å². The van der Waals surface area contributed by atoms with Gasteiger partial charge in [0.1, 0.15) is 12.2 Å². The lowest BCUT2D eigenvalue weighted by Crippen LogP contribution is -2.53. The molecule has 0 heterocycles. The minimum Gasteiger partial charge on any atom is -0.463 e. The number of carbonyl (C=O) groups excluding carboxylic acids is 3. The molecule has 4 aliphatic carbocycles. The largest absolute Gasteiger partial charge is 0.463 e. The summed E-state index contributed by atoms with van der Waals surface area (Å²) in [5.41, 5.74) is 1.18. The van der Waals surface area contributed by atoms with Crippen molar-refractivity contribution in [3.63, 3.8) is 0 Å². The molecule has 0 radical (unpaired) electrons. The molecule has 7 unspecified atom stereocenters. The van der Waals surface area contributed by atoms with Gasteiger partial charge in [-0.25, -0.2) is 0 Å². The molecule has 3 saturated carbocycles. The normalized spacial score (nSPS) is 44.6. The fourth-order valence-corrected chi connectivity index (χ4v) is 7.02. The highest BCUT2D eigenvalue weighted by molar-refractivity contribution is 5.94. The van der Waals surface area contributed by atoms with E-state index in [1.807, 2.05) is 6.08 Å². The maximum Gasteiger partial charge on any atom is 0.302 e. The van der Waals surface area contributed by atoms with Gasteiger partial charge >= 0.3 is 11.9 Å². The van der Waals surface area contributed by atoms with E-state index in [2.05, 4.69) is 13.8 Å². The summed E-state index contributed by atoms with van der Waals surface area (Å²) in [6.45, 7) is 7.44. The van der Waals surface area contributed by atoms with Crippen LogP contribution in [0.15, 0.2) is 11.6 Å². The Morgan fingerprint density at radius 3 is 2.21 bits per heavy atom. The number of carbonyl (C=O) groups is 3. The van der Waals surface area contributed by atoms with Crippen LogP contribution < -0.4 is 0 Å². The summed E-state index contributed by atoms with van der Waals surface area (Å²) in [4.78, 5) is 36.1. The van der Waals surface area contributed by atoms with Crippen LogP contribution in [0.2, 0.25) is 0 Å². The molecule has 0 aliphatic heterocycles. The van der Waals surface area contributed by atoms with Gasteiger partial charge in [-0.1, -0.05) is 19.4 Å². The maximum atomic E-state index is 13.2. The lowest BCUT2D eigenvalue weighted by Gasteiger charge is -2.56. The SMILES string of the molecule is CC(=O)OC1CCC2(C)C(C1)C(=O)C=C1C3CCC(OC(C)=O)C3(C)CCC12. The molecule has 154 valence electrons. The molecule has 4 aliphatic rings. The third kappa shape index (κ3) is 2.93. The monoisotopic (exact) mass is 388 g/mol. The molecule has 0 N–H and O–H groups in total. The number of fused-ring (bicyclic) bond motifs is 5. The second kappa shape index (κ2) is 6.70. The molecule has 28 heavy (non-hydrogen) atoms. The van der Waals surface area contributed by atoms with Crippen LogP contribution in [0.4, 0.5) is 0 Å². The molecule has 0 bridgehead atoms. The average molecular weight is 389 g/mol. The maximum absolute atomic E-state index is 13.2. The van der Waals surface area contributed by atoms with Gasteiger partial charge in [0.05, 0.1) is 0 Å². The number of ketones is 1. The van der Waals surface area contributed by atoms with Crippen molar-refractivity contribution in [2.24, 2.45) is 28.6 Å². The molecule has 4 rings (SSSR count). The quantitative estimate of drug-likeness (QED) is 0.669. The summed E-state index contributed by atoms with van der Waals surface area (Å²) in [5, 5.41) is 0. The first-order chi connectivity index (χ1) is 13.1. The van der Waals surface area contributed by atoms with Gasteiger partial charge in [0, 0.05) is 25.2 Å². The second-order valence-electron chi connectivity index (χ2n) is 9.94. The highest BCUT2D eigenvalue weighted by Crippen LogP contribution is 2.64. The van der Waals surface area contributed by atoms with E-state index in [0.29, 0.717) is 18.3 Å². The van der Waals surface area contributed by atoms with Gasteiger partial charge in [0.15, 0.2) is 5.78 Å². The summed E-state index contributed by atoms with van der Waals surface area (Å²) in [7, 11) is 0. The van der Waals surface area contributed by atoms with Gasteiger partial charge in [-0.15, -0.1) is 0 Å². The third-order valence-electron chi connectivity index (χ3n) is 8.41. The minimum atomic E-state index is -0.260. The number of allylic oxidation sites excluding steroid dienone is 2. The Morgan fingerprint density at radius 1 is 0.893 bits per heavy atom. The zero-order valence-electron chi connectivity index (χ0n) is 17.5. The molecule has 5 nitrogen and oxygen atoms in total. The second-order valence-corrected chi connectivity index (χ2v) is 9.94. The third-order valence-corrected chi connectivity index (χ3v) is 8.41. The van der Waals surface area contributed by atoms with E-state index in [1.165, 1.54) is 19.4 Å². The number of hydrogen-bond donors (Lipinski definition) is 0. The zero-order chi connectivity index (χ0) is 20.3. The van der Waals surface area contributed by atoms with Crippen molar-refractivity contribution in [1.82, 2.24) is 0 Å². The van der Waals surface area contributed by atoms with E-state index < -0.39 is 0 Å². The minimum absolute atomic E-state index is 0.0443. The van der Waals surface area contributed by atoms with Gasteiger partial charge in [-0.3, -0.25) is 14.4 Å². The Kier molecular flexibility index (Phi) is 4.71. The van der Waals surface area contributed by atoms with E-state index in [4.69, 9.17) is 9.47 Å². The first-order valence-electron chi connectivity index (χ1n) is 10.7. The molecular weight excluding hydrogens is 356 g/mol. The molecule has 0 aromatic rings. The van der Waals surface area contributed by atoms with Crippen molar-refractivity contribution < 1.29 is 23.9 Å². The van der Waals surface area contributed by atoms with Gasteiger partial charge < -0.3 is 9.47 Å². The van der Waals surface area contributed by atoms with Crippen molar-refractivity contribution in [3.8, 4) is 0 Å². The van der Waals surface area contributed by atoms with Crippen LogP contribution in [0.25, 0.3) is 0 Å². The zero-order valence-corrected chi connectivity index (χ0v) is 17.5. The van der Waals surface area contributed by atoms with Crippen LogP contribution in [0.5, 0.6) is 0 Å². The fourth-order valence-electron chi connectivity index (χ4n) is 7.02. The summed E-state index contributed by atoms with van der Waals surface area (Å²) < 4.78 is 11.1. The molecule has 0 saturated heterocycles. The van der Waals surface area contributed by atoms with E-state index in [9.17, 15) is 14.4 Å². The molecule has 0 amide bonds. The molecule has 7 atom stereocenters. The molecule has 3 fully saturated rings. The topological polar surface area (TPSA) is 69.7 Å². The van der Waals surface area contributed by atoms with Crippen LogP contribution in [0.1, 0.15) is 72.6 Å². The lowest BCUT2D eigenvalue weighted by molar-refractivity contribution is -0.157. The molecule has 5 heteroatoms. The predicted octanol–water partition coefficient (Wildman–Crippen LogP) is 3.99. The fraction of sp³-hybridized carbons (Fsp3) is 0.783. The highest BCUT2D eigenvalue weighted by atomic mass is 16.5. The van der Waals surface area contributed by atoms with Gasteiger partial charge in [-0.05, 0) is 68.3 Å². The van der Waals surface area contributed by atoms with Crippen LogP contribution in [0, 0.1) is 28.6 Å². The van der Waals surface area contributed by atoms with Gasteiger partial charge in [0.25, 0.3) is 0 Å². The Labute approximate surface area is 167 Å². The average Bonchev–Trinajstić information content (AvgIpc) is 2.92. The van der Waals surface area contributed by atoms with Gasteiger partial charge in [0.2, 0.25) is 0 Å². The Hall–Kier alpha value is -1.65. The Bertz CT molecular complexity index is 739. The predicted molar refractivity (Wildman–Crippen MR) is 103 cm³/mol. The summed E-state index contributed by atoms with van der Waals surface area (Å²) in [5.74, 6) is 0.397. The van der Waals surface area contributed by atoms with E-state index >= 15 is 0 Å². The summed E-state index contributed by atoms with van der Waals surface area (Å²) in [6.07, 6.45) is 8.08. The first kappa shape index (κ1) is 19.7. The van der Waals surface area contributed by atoms with E-state index in [0.717, 1.165) is 38.5 Å². The number of hydrogen-bond acceptors (Lipinski definition) is 5. The van der Waals surface area contributed by atoms with Crippen molar-refractivity contribution >= 4 is 17.7 Å². The lowest BCUT2D eigenvalue weighted by atomic mass is 9.48. The molecule has 0 spiro atoms. The molecule has 0 aromatic heterocycles. The number of rotatable bonds is 2. The van der Waals surface area contributed by atoms with Gasteiger partial charge in [-0.2, -0.15) is 0 Å². The van der Waals surface area contributed by atoms with E-state index in [-0.39, 0.29) is 46.7 Å². The number of esters is 2. The van der Waals surface area contributed by atoms with Crippen molar-refractivity contribution in [2.75, 3.05) is 0 Å². The Morgan fingerprint density at radius 2 is 1.54 bits per heavy atom. The van der Waals surface area contributed by atoms with Crippen molar-refractivity contribution in [2.45, 2.75) is 84.8 Å². The Balaban J connectivity index is 1.62. The summed E-state index contributed by atoms with van der Waals surface area (Å²) >= 11 is 0. The van der Waals surface area contributed by atoms with Crippen molar-refractivity contribution in [1.29, 1.82) is 0 Å². The first-order valence-corrected chi connectivity index (χ1v) is 10.7.